The molecule has 1 aliphatic rings. The molecule has 0 amide bonds. The van der Waals surface area contributed by atoms with Crippen LogP contribution in [0.1, 0.15) is 19.4 Å². The van der Waals surface area contributed by atoms with Crippen LogP contribution in [0, 0.1) is 22.7 Å². The van der Waals surface area contributed by atoms with Gasteiger partial charge in [0.1, 0.15) is 6.07 Å². The van der Waals surface area contributed by atoms with Crippen molar-refractivity contribution in [1.29, 1.82) is 10.7 Å². The van der Waals surface area contributed by atoms with Gasteiger partial charge in [-0.1, -0.05) is 26.0 Å². The van der Waals surface area contributed by atoms with Gasteiger partial charge in [-0.15, -0.1) is 11.8 Å². The van der Waals surface area contributed by atoms with Gasteiger partial charge in [0.2, 0.25) is 0 Å². The van der Waals surface area contributed by atoms with Crippen LogP contribution < -0.4 is 10.9 Å². The fourth-order valence-electron chi connectivity index (χ4n) is 2.06. The summed E-state index contributed by atoms with van der Waals surface area (Å²) in [5, 5.41) is 19.9. The maximum absolute atomic E-state index is 9.26. The SMILES string of the molecule is Bc1ccc(C2=CC(SCC(C)C)=CN/C2=C(/C#N)C=N)cn1. The number of hydrogen-bond acceptors (Lipinski definition) is 5. The molecule has 23 heavy (non-hydrogen) atoms. The lowest BCUT2D eigenvalue weighted by Gasteiger charge is -2.20. The van der Waals surface area contributed by atoms with Crippen LogP contribution in [-0.4, -0.2) is 24.8 Å². The molecule has 0 unspecified atom stereocenters. The molecular formula is C17H19BN4S. The normalized spacial score (nSPS) is 16.1. The van der Waals surface area contributed by atoms with Gasteiger partial charge in [0.05, 0.1) is 11.3 Å². The second-order valence-electron chi connectivity index (χ2n) is 5.69. The highest BCUT2D eigenvalue weighted by molar-refractivity contribution is 8.03. The minimum Gasteiger partial charge on any atom is -0.359 e. The molecule has 0 aromatic carbocycles. The third-order valence-electron chi connectivity index (χ3n) is 3.25. The van der Waals surface area contributed by atoms with Crippen LogP contribution in [0.4, 0.5) is 0 Å². The first kappa shape index (κ1) is 17.1. The predicted molar refractivity (Wildman–Crippen MR) is 100 cm³/mol. The molecular weight excluding hydrogens is 303 g/mol. The number of dihydropyridines is 1. The molecule has 116 valence electrons. The van der Waals surface area contributed by atoms with Crippen LogP contribution in [0.2, 0.25) is 0 Å². The summed E-state index contributed by atoms with van der Waals surface area (Å²) < 4.78 is 0. The Bertz CT molecular complexity index is 724. The summed E-state index contributed by atoms with van der Waals surface area (Å²) >= 11 is 1.78. The molecule has 1 aromatic heterocycles. The summed E-state index contributed by atoms with van der Waals surface area (Å²) in [6.07, 6.45) is 6.84. The summed E-state index contributed by atoms with van der Waals surface area (Å²) in [7, 11) is 1.94. The number of nitriles is 1. The van der Waals surface area contributed by atoms with E-state index in [4.69, 9.17) is 5.41 Å². The third kappa shape index (κ3) is 4.36. The Hall–Kier alpha value is -2.26. The Kier molecular flexibility index (Phi) is 5.83. The minimum atomic E-state index is 0.306. The van der Waals surface area contributed by atoms with E-state index in [1.54, 1.807) is 18.0 Å². The molecule has 0 radical (unpaired) electrons. The topological polar surface area (TPSA) is 72.6 Å². The van der Waals surface area contributed by atoms with E-state index < -0.39 is 0 Å². The second-order valence-corrected chi connectivity index (χ2v) is 6.78. The number of thioether (sulfide) groups is 1. The van der Waals surface area contributed by atoms with E-state index in [1.807, 2.05) is 26.2 Å². The van der Waals surface area contributed by atoms with E-state index in [0.29, 0.717) is 17.2 Å². The number of aromatic nitrogens is 1. The molecule has 0 atom stereocenters. The van der Waals surface area contributed by atoms with E-state index in [2.05, 4.69) is 36.3 Å². The third-order valence-corrected chi connectivity index (χ3v) is 4.66. The zero-order valence-corrected chi connectivity index (χ0v) is 14.4. The van der Waals surface area contributed by atoms with E-state index in [-0.39, 0.29) is 0 Å². The van der Waals surface area contributed by atoms with E-state index >= 15 is 0 Å². The molecule has 1 aliphatic heterocycles. The van der Waals surface area contributed by atoms with Gasteiger partial charge in [0.15, 0.2) is 7.85 Å². The first-order valence-corrected chi connectivity index (χ1v) is 8.43. The number of allylic oxidation sites excluding steroid dienone is 3. The molecule has 6 heteroatoms. The van der Waals surface area contributed by atoms with Gasteiger partial charge in [0, 0.05) is 40.4 Å². The number of rotatable bonds is 5. The van der Waals surface area contributed by atoms with Crippen molar-refractivity contribution < 1.29 is 0 Å². The molecule has 2 heterocycles. The monoisotopic (exact) mass is 322 g/mol. The summed E-state index contributed by atoms with van der Waals surface area (Å²) in [6, 6.07) is 6.01. The summed E-state index contributed by atoms with van der Waals surface area (Å²) in [5.74, 6) is 1.63. The largest absolute Gasteiger partial charge is 0.359 e. The molecule has 2 rings (SSSR count). The number of nitrogens with one attached hydrogen (secondary N) is 2. The Balaban J connectivity index is 2.44. The number of nitrogens with zero attached hydrogens (tertiary/aromatic N) is 2. The maximum Gasteiger partial charge on any atom is 0.163 e. The highest BCUT2D eigenvalue weighted by Gasteiger charge is 2.17. The lowest BCUT2D eigenvalue weighted by molar-refractivity contribution is 0.751. The van der Waals surface area contributed by atoms with Crippen molar-refractivity contribution in [2.45, 2.75) is 13.8 Å². The first-order chi connectivity index (χ1) is 11.0. The molecule has 0 bridgehead atoms. The van der Waals surface area contributed by atoms with Crippen LogP contribution in [0.5, 0.6) is 0 Å². The van der Waals surface area contributed by atoms with Gasteiger partial charge in [-0.3, -0.25) is 4.98 Å². The molecule has 1 aromatic rings. The van der Waals surface area contributed by atoms with Gasteiger partial charge in [0.25, 0.3) is 0 Å². The van der Waals surface area contributed by atoms with Crippen molar-refractivity contribution in [2.75, 3.05) is 5.75 Å². The Morgan fingerprint density at radius 2 is 2.30 bits per heavy atom. The Morgan fingerprint density at radius 1 is 1.52 bits per heavy atom. The maximum atomic E-state index is 9.26. The zero-order chi connectivity index (χ0) is 16.8. The zero-order valence-electron chi connectivity index (χ0n) is 13.6. The van der Waals surface area contributed by atoms with Gasteiger partial charge < -0.3 is 10.7 Å². The average molecular weight is 322 g/mol. The number of hydrogen-bond donors (Lipinski definition) is 2. The Labute approximate surface area is 142 Å². The molecule has 0 fully saturated rings. The average Bonchev–Trinajstić information content (AvgIpc) is 2.55. The summed E-state index contributed by atoms with van der Waals surface area (Å²) in [5.41, 5.74) is 3.74. The van der Waals surface area contributed by atoms with Gasteiger partial charge in [-0.25, -0.2) is 0 Å². The van der Waals surface area contributed by atoms with Crippen LogP contribution in [-0.2, 0) is 0 Å². The smallest absolute Gasteiger partial charge is 0.163 e. The predicted octanol–water partition coefficient (Wildman–Crippen LogP) is 1.98. The van der Waals surface area contributed by atoms with Crippen molar-refractivity contribution in [1.82, 2.24) is 10.3 Å². The molecule has 0 spiro atoms. The van der Waals surface area contributed by atoms with Crippen molar-refractivity contribution in [2.24, 2.45) is 5.92 Å². The molecule has 0 saturated heterocycles. The molecule has 0 saturated carbocycles. The molecule has 4 nitrogen and oxygen atoms in total. The fourth-order valence-corrected chi connectivity index (χ4v) is 2.93. The highest BCUT2D eigenvalue weighted by Crippen LogP contribution is 2.32. The molecule has 2 N–H and O–H groups in total. The first-order valence-electron chi connectivity index (χ1n) is 7.44. The fraction of sp³-hybridized carbons (Fsp3) is 0.235. The van der Waals surface area contributed by atoms with Crippen molar-refractivity contribution in [3.05, 3.63) is 52.3 Å². The quantitative estimate of drug-likeness (QED) is 0.494. The summed E-state index contributed by atoms with van der Waals surface area (Å²) in [6.45, 7) is 4.37. The van der Waals surface area contributed by atoms with Gasteiger partial charge in [-0.05, 0) is 17.6 Å². The lowest BCUT2D eigenvalue weighted by atomic mass is 9.96. The highest BCUT2D eigenvalue weighted by atomic mass is 32.2. The Morgan fingerprint density at radius 3 is 2.87 bits per heavy atom. The van der Waals surface area contributed by atoms with E-state index in [9.17, 15) is 5.26 Å². The van der Waals surface area contributed by atoms with E-state index in [1.165, 1.54) is 0 Å². The van der Waals surface area contributed by atoms with E-state index in [0.717, 1.165) is 33.6 Å². The van der Waals surface area contributed by atoms with Crippen molar-refractivity contribution >= 4 is 37.0 Å². The van der Waals surface area contributed by atoms with Crippen LogP contribution >= 0.6 is 11.8 Å². The van der Waals surface area contributed by atoms with Gasteiger partial charge >= 0.3 is 0 Å². The number of pyridine rings is 1. The summed E-state index contributed by atoms with van der Waals surface area (Å²) in [4.78, 5) is 5.45. The van der Waals surface area contributed by atoms with Crippen molar-refractivity contribution in [3.8, 4) is 6.07 Å². The van der Waals surface area contributed by atoms with Gasteiger partial charge in [-0.2, -0.15) is 5.26 Å². The van der Waals surface area contributed by atoms with Crippen LogP contribution in [0.3, 0.4) is 0 Å². The molecule has 0 aliphatic carbocycles. The minimum absolute atomic E-state index is 0.306. The standard InChI is InChI=1S/C17H19BN4S/c1-11(2)10-23-14-5-15(12-3-4-16(18)21-8-12)17(22-9-14)13(6-19)7-20/h3-6,8-9,11,19,22H,10,18H2,1-2H3/b17-13+,19-6?. The van der Waals surface area contributed by atoms with Crippen molar-refractivity contribution in [3.63, 3.8) is 0 Å². The second kappa shape index (κ2) is 7.84. The van der Waals surface area contributed by atoms with Crippen LogP contribution in [0.15, 0.2) is 46.8 Å². The van der Waals surface area contributed by atoms with Crippen LogP contribution in [0.25, 0.3) is 5.57 Å². The lowest BCUT2D eigenvalue weighted by Crippen LogP contribution is -2.16.